The monoisotopic (exact) mass is 419 g/mol. The minimum Gasteiger partial charge on any atom is -0.493 e. The molecule has 0 saturated heterocycles. The first-order valence-corrected chi connectivity index (χ1v) is 8.26. The van der Waals surface area contributed by atoms with Crippen LogP contribution in [-0.4, -0.2) is 13.7 Å². The van der Waals surface area contributed by atoms with Crippen LogP contribution in [-0.2, 0) is 13.2 Å². The Labute approximate surface area is 156 Å². The fourth-order valence-corrected chi connectivity index (χ4v) is 2.84. The summed E-state index contributed by atoms with van der Waals surface area (Å²) in [5.74, 6) is 1.39. The average Bonchev–Trinajstić information content (AvgIpc) is 2.52. The van der Waals surface area contributed by atoms with Crippen molar-refractivity contribution in [3.05, 3.63) is 57.0 Å². The highest BCUT2D eigenvalue weighted by atomic mass is 79.9. The molecule has 0 aliphatic heterocycles. The first-order chi connectivity index (χ1) is 10.7. The molecule has 2 aromatic carbocycles. The normalized spacial score (nSPS) is 10.1. The van der Waals surface area contributed by atoms with Gasteiger partial charge in [-0.1, -0.05) is 36.7 Å². The van der Waals surface area contributed by atoms with Crippen LogP contribution in [0.25, 0.3) is 0 Å². The summed E-state index contributed by atoms with van der Waals surface area (Å²) in [5.41, 5.74) is 2.07. The SMILES string of the molecule is CCNCc1cc(Br)c(OCc2ccccc2Cl)c(OC)c1.Cl. The topological polar surface area (TPSA) is 30.5 Å². The molecule has 3 nitrogen and oxygen atoms in total. The third-order valence-corrected chi connectivity index (χ3v) is 4.16. The number of ether oxygens (including phenoxy) is 2. The Balaban J connectivity index is 0.00000264. The summed E-state index contributed by atoms with van der Waals surface area (Å²) in [6.45, 7) is 4.18. The van der Waals surface area contributed by atoms with Gasteiger partial charge in [0.15, 0.2) is 11.5 Å². The maximum Gasteiger partial charge on any atom is 0.175 e. The lowest BCUT2D eigenvalue weighted by Gasteiger charge is -2.15. The van der Waals surface area contributed by atoms with Crippen LogP contribution >= 0.6 is 39.9 Å². The Morgan fingerprint density at radius 3 is 2.61 bits per heavy atom. The highest BCUT2D eigenvalue weighted by Gasteiger charge is 2.12. The molecule has 23 heavy (non-hydrogen) atoms. The average molecular weight is 421 g/mol. The molecule has 126 valence electrons. The second-order valence-electron chi connectivity index (χ2n) is 4.77. The minimum absolute atomic E-state index is 0. The molecule has 0 amide bonds. The van der Waals surface area contributed by atoms with Crippen LogP contribution in [0, 0.1) is 0 Å². The summed E-state index contributed by atoms with van der Waals surface area (Å²) in [5, 5.41) is 3.99. The van der Waals surface area contributed by atoms with Crippen LogP contribution in [0.15, 0.2) is 40.9 Å². The number of nitrogens with one attached hydrogen (secondary N) is 1. The van der Waals surface area contributed by atoms with Gasteiger partial charge in [0.1, 0.15) is 6.61 Å². The van der Waals surface area contributed by atoms with Gasteiger partial charge in [-0.2, -0.15) is 0 Å². The van der Waals surface area contributed by atoms with Gasteiger partial charge in [-0.3, -0.25) is 0 Å². The van der Waals surface area contributed by atoms with Crippen molar-refractivity contribution in [2.75, 3.05) is 13.7 Å². The number of rotatable bonds is 7. The van der Waals surface area contributed by atoms with Gasteiger partial charge in [0.2, 0.25) is 0 Å². The molecule has 0 aromatic heterocycles. The molecule has 0 atom stereocenters. The van der Waals surface area contributed by atoms with E-state index in [1.807, 2.05) is 36.4 Å². The molecule has 2 aromatic rings. The van der Waals surface area contributed by atoms with Crippen molar-refractivity contribution in [1.82, 2.24) is 5.32 Å². The number of methoxy groups -OCH3 is 1. The summed E-state index contributed by atoms with van der Waals surface area (Å²) >= 11 is 9.71. The number of hydrogen-bond acceptors (Lipinski definition) is 3. The van der Waals surface area contributed by atoms with E-state index in [1.54, 1.807) is 7.11 Å². The summed E-state index contributed by atoms with van der Waals surface area (Å²) in [7, 11) is 1.64. The molecule has 0 saturated carbocycles. The van der Waals surface area contributed by atoms with Gasteiger partial charge in [-0.05, 0) is 46.2 Å². The summed E-state index contributed by atoms with van der Waals surface area (Å²) in [6, 6.07) is 11.7. The summed E-state index contributed by atoms with van der Waals surface area (Å²) in [4.78, 5) is 0. The molecule has 0 aliphatic rings. The Hall–Kier alpha value is -0.940. The first kappa shape index (κ1) is 20.1. The number of halogens is 3. The highest BCUT2D eigenvalue weighted by molar-refractivity contribution is 9.10. The molecular formula is C17H20BrCl2NO2. The molecule has 0 unspecified atom stereocenters. The van der Waals surface area contributed by atoms with Crippen molar-refractivity contribution in [3.8, 4) is 11.5 Å². The van der Waals surface area contributed by atoms with Crippen LogP contribution in [0.5, 0.6) is 11.5 Å². The van der Waals surface area contributed by atoms with E-state index in [-0.39, 0.29) is 12.4 Å². The second-order valence-corrected chi connectivity index (χ2v) is 6.03. The lowest BCUT2D eigenvalue weighted by Crippen LogP contribution is -2.12. The number of benzene rings is 2. The van der Waals surface area contributed by atoms with Gasteiger partial charge < -0.3 is 14.8 Å². The third-order valence-electron chi connectivity index (χ3n) is 3.20. The Morgan fingerprint density at radius 2 is 1.96 bits per heavy atom. The number of hydrogen-bond donors (Lipinski definition) is 1. The van der Waals surface area contributed by atoms with E-state index < -0.39 is 0 Å². The van der Waals surface area contributed by atoms with Crippen molar-refractivity contribution in [2.24, 2.45) is 0 Å². The van der Waals surface area contributed by atoms with Crippen LogP contribution < -0.4 is 14.8 Å². The maximum atomic E-state index is 6.16. The fraction of sp³-hybridized carbons (Fsp3) is 0.294. The van der Waals surface area contributed by atoms with E-state index >= 15 is 0 Å². The first-order valence-electron chi connectivity index (χ1n) is 7.09. The van der Waals surface area contributed by atoms with Gasteiger partial charge in [-0.15, -0.1) is 12.4 Å². The van der Waals surface area contributed by atoms with Crippen LogP contribution in [0.1, 0.15) is 18.1 Å². The quantitative estimate of drug-likeness (QED) is 0.665. The van der Waals surface area contributed by atoms with Gasteiger partial charge in [-0.25, -0.2) is 0 Å². The zero-order chi connectivity index (χ0) is 15.9. The van der Waals surface area contributed by atoms with Crippen molar-refractivity contribution in [2.45, 2.75) is 20.1 Å². The van der Waals surface area contributed by atoms with Crippen LogP contribution in [0.3, 0.4) is 0 Å². The Morgan fingerprint density at radius 1 is 1.22 bits per heavy atom. The van der Waals surface area contributed by atoms with E-state index in [9.17, 15) is 0 Å². The van der Waals surface area contributed by atoms with Gasteiger partial charge >= 0.3 is 0 Å². The van der Waals surface area contributed by atoms with E-state index in [1.165, 1.54) is 0 Å². The van der Waals surface area contributed by atoms with E-state index in [4.69, 9.17) is 21.1 Å². The lowest BCUT2D eigenvalue weighted by atomic mass is 10.2. The minimum atomic E-state index is 0. The van der Waals surface area contributed by atoms with E-state index in [0.717, 1.165) is 28.7 Å². The summed E-state index contributed by atoms with van der Waals surface area (Å²) < 4.78 is 12.2. The fourth-order valence-electron chi connectivity index (χ4n) is 2.05. The Bertz CT molecular complexity index is 638. The van der Waals surface area contributed by atoms with Crippen LogP contribution in [0.4, 0.5) is 0 Å². The Kier molecular flexibility index (Phi) is 8.77. The summed E-state index contributed by atoms with van der Waals surface area (Å²) in [6.07, 6.45) is 0. The zero-order valence-electron chi connectivity index (χ0n) is 13.1. The maximum absolute atomic E-state index is 6.16. The zero-order valence-corrected chi connectivity index (χ0v) is 16.2. The van der Waals surface area contributed by atoms with Crippen molar-refractivity contribution < 1.29 is 9.47 Å². The predicted octanol–water partition coefficient (Wildman–Crippen LogP) is 5.22. The molecular weight excluding hydrogens is 401 g/mol. The second kappa shape index (κ2) is 10.0. The van der Waals surface area contributed by atoms with Crippen molar-refractivity contribution in [3.63, 3.8) is 0 Å². The van der Waals surface area contributed by atoms with Gasteiger partial charge in [0, 0.05) is 17.1 Å². The lowest BCUT2D eigenvalue weighted by molar-refractivity contribution is 0.282. The largest absolute Gasteiger partial charge is 0.493 e. The van der Waals surface area contributed by atoms with E-state index in [0.29, 0.717) is 23.1 Å². The molecule has 2 rings (SSSR count). The molecule has 1 N–H and O–H groups in total. The van der Waals surface area contributed by atoms with Gasteiger partial charge in [0.05, 0.1) is 11.6 Å². The van der Waals surface area contributed by atoms with Crippen molar-refractivity contribution in [1.29, 1.82) is 0 Å². The molecule has 0 fully saturated rings. The van der Waals surface area contributed by atoms with Crippen LogP contribution in [0.2, 0.25) is 5.02 Å². The smallest absolute Gasteiger partial charge is 0.175 e. The molecule has 0 spiro atoms. The molecule has 0 heterocycles. The van der Waals surface area contributed by atoms with E-state index in [2.05, 4.69) is 28.2 Å². The highest BCUT2D eigenvalue weighted by Crippen LogP contribution is 2.37. The molecule has 0 bridgehead atoms. The molecule has 0 aliphatic carbocycles. The van der Waals surface area contributed by atoms with Crippen molar-refractivity contribution >= 4 is 39.9 Å². The predicted molar refractivity (Wildman–Crippen MR) is 101 cm³/mol. The van der Waals surface area contributed by atoms with Gasteiger partial charge in [0.25, 0.3) is 0 Å². The third kappa shape index (κ3) is 5.57. The standard InChI is InChI=1S/C17H19BrClNO2.ClH/c1-3-20-10-12-8-14(18)17(16(9-12)21-2)22-11-13-6-4-5-7-15(13)19;/h4-9,20H,3,10-11H2,1-2H3;1H. The molecule has 0 radical (unpaired) electrons. The molecule has 6 heteroatoms.